The molecule has 88 valence electrons. The molecule has 1 saturated carbocycles. The molecule has 17 heavy (non-hydrogen) atoms. The first kappa shape index (κ1) is 10.7. The molecule has 1 aromatic heterocycles. The van der Waals surface area contributed by atoms with Gasteiger partial charge in [0.25, 0.3) is 0 Å². The number of nitrogens with zero attached hydrogens (tertiary/aromatic N) is 1. The minimum atomic E-state index is 0.731. The largest absolute Gasteiger partial charge is 0.310 e. The lowest BCUT2D eigenvalue weighted by molar-refractivity contribution is 0.240. The summed E-state index contributed by atoms with van der Waals surface area (Å²) in [6, 6.07) is 11.4. The monoisotopic (exact) mass is 226 g/mol. The fourth-order valence-corrected chi connectivity index (χ4v) is 2.57. The van der Waals surface area contributed by atoms with Crippen LogP contribution in [0.3, 0.4) is 0 Å². The number of nitrogens with one attached hydrogen (secondary N) is 1. The zero-order valence-electron chi connectivity index (χ0n) is 10.2. The van der Waals surface area contributed by atoms with E-state index in [-0.39, 0.29) is 0 Å². The number of fused-ring (bicyclic) bond motifs is 1. The van der Waals surface area contributed by atoms with E-state index in [1.54, 1.807) is 0 Å². The molecule has 1 aliphatic carbocycles. The minimum Gasteiger partial charge on any atom is -0.310 e. The van der Waals surface area contributed by atoms with Gasteiger partial charge >= 0.3 is 0 Å². The van der Waals surface area contributed by atoms with Gasteiger partial charge in [0.05, 0.1) is 5.52 Å². The third-order valence-electron chi connectivity index (χ3n) is 3.64. The maximum absolute atomic E-state index is 4.33. The highest BCUT2D eigenvalue weighted by Crippen LogP contribution is 2.26. The SMILES string of the molecule is CC1CC(NCc2ccc3ncccc3c2)C1. The van der Waals surface area contributed by atoms with Crippen molar-refractivity contribution in [1.29, 1.82) is 0 Å². The molecular weight excluding hydrogens is 208 g/mol. The van der Waals surface area contributed by atoms with E-state index in [1.165, 1.54) is 23.8 Å². The molecule has 1 aromatic carbocycles. The summed E-state index contributed by atoms with van der Waals surface area (Å²) in [5, 5.41) is 4.84. The van der Waals surface area contributed by atoms with Crippen LogP contribution in [-0.2, 0) is 6.54 Å². The molecule has 1 heterocycles. The highest BCUT2D eigenvalue weighted by Gasteiger charge is 2.24. The van der Waals surface area contributed by atoms with Crippen LogP contribution in [0.15, 0.2) is 36.5 Å². The molecule has 2 heteroatoms. The molecule has 0 unspecified atom stereocenters. The molecule has 0 spiro atoms. The number of hydrogen-bond donors (Lipinski definition) is 1. The van der Waals surface area contributed by atoms with Gasteiger partial charge in [0.15, 0.2) is 0 Å². The molecule has 0 aliphatic heterocycles. The van der Waals surface area contributed by atoms with Crippen LogP contribution in [0, 0.1) is 5.92 Å². The van der Waals surface area contributed by atoms with Crippen molar-refractivity contribution in [2.24, 2.45) is 5.92 Å². The summed E-state index contributed by atoms with van der Waals surface area (Å²) in [5.74, 6) is 0.910. The Morgan fingerprint density at radius 3 is 3.00 bits per heavy atom. The predicted octanol–water partition coefficient (Wildman–Crippen LogP) is 3.12. The van der Waals surface area contributed by atoms with E-state index in [4.69, 9.17) is 0 Å². The second-order valence-electron chi connectivity index (χ2n) is 5.18. The van der Waals surface area contributed by atoms with Crippen LogP contribution in [0.5, 0.6) is 0 Å². The third kappa shape index (κ3) is 2.32. The van der Waals surface area contributed by atoms with Crippen LogP contribution in [0.1, 0.15) is 25.3 Å². The van der Waals surface area contributed by atoms with Crippen LogP contribution in [0.2, 0.25) is 0 Å². The van der Waals surface area contributed by atoms with Gasteiger partial charge in [0, 0.05) is 24.2 Å². The molecular formula is C15H18N2. The van der Waals surface area contributed by atoms with E-state index in [0.717, 1.165) is 24.0 Å². The fraction of sp³-hybridized carbons (Fsp3) is 0.400. The second-order valence-corrected chi connectivity index (χ2v) is 5.18. The Balaban J connectivity index is 1.68. The van der Waals surface area contributed by atoms with E-state index in [1.807, 2.05) is 12.3 Å². The summed E-state index contributed by atoms with van der Waals surface area (Å²) in [7, 11) is 0. The third-order valence-corrected chi connectivity index (χ3v) is 3.64. The smallest absolute Gasteiger partial charge is 0.0702 e. The molecule has 0 bridgehead atoms. The van der Waals surface area contributed by atoms with E-state index < -0.39 is 0 Å². The molecule has 1 fully saturated rings. The van der Waals surface area contributed by atoms with Crippen molar-refractivity contribution in [1.82, 2.24) is 10.3 Å². The molecule has 0 saturated heterocycles. The summed E-state index contributed by atoms with van der Waals surface area (Å²) in [5.41, 5.74) is 2.43. The fourth-order valence-electron chi connectivity index (χ4n) is 2.57. The first-order valence-electron chi connectivity index (χ1n) is 6.38. The Labute approximate surface area is 102 Å². The van der Waals surface area contributed by atoms with Crippen molar-refractivity contribution >= 4 is 10.9 Å². The quantitative estimate of drug-likeness (QED) is 0.869. The van der Waals surface area contributed by atoms with Crippen LogP contribution >= 0.6 is 0 Å². The summed E-state index contributed by atoms with van der Waals surface area (Å²) in [6.45, 7) is 3.29. The predicted molar refractivity (Wildman–Crippen MR) is 70.8 cm³/mol. The maximum atomic E-state index is 4.33. The molecule has 1 N–H and O–H groups in total. The van der Waals surface area contributed by atoms with E-state index >= 15 is 0 Å². The first-order chi connectivity index (χ1) is 8.31. The Kier molecular flexibility index (Phi) is 2.81. The Hall–Kier alpha value is -1.41. The van der Waals surface area contributed by atoms with E-state index in [2.05, 4.69) is 41.5 Å². The lowest BCUT2D eigenvalue weighted by atomic mass is 9.82. The van der Waals surface area contributed by atoms with Crippen molar-refractivity contribution in [2.75, 3.05) is 0 Å². The standard InChI is InChI=1S/C15H18N2/c1-11-7-14(8-11)17-10-12-4-5-15-13(9-12)3-2-6-16-15/h2-6,9,11,14,17H,7-8,10H2,1H3. The zero-order chi connectivity index (χ0) is 11.7. The molecule has 0 atom stereocenters. The minimum absolute atomic E-state index is 0.731. The van der Waals surface area contributed by atoms with Crippen molar-refractivity contribution in [3.63, 3.8) is 0 Å². The van der Waals surface area contributed by atoms with Crippen molar-refractivity contribution in [3.05, 3.63) is 42.1 Å². The van der Waals surface area contributed by atoms with Gasteiger partial charge in [-0.25, -0.2) is 0 Å². The molecule has 1 aliphatic rings. The molecule has 2 aromatic rings. The maximum Gasteiger partial charge on any atom is 0.0702 e. The van der Waals surface area contributed by atoms with Gasteiger partial charge in [-0.2, -0.15) is 0 Å². The van der Waals surface area contributed by atoms with Gasteiger partial charge in [-0.3, -0.25) is 4.98 Å². The second kappa shape index (κ2) is 4.46. The van der Waals surface area contributed by atoms with Crippen LogP contribution in [-0.4, -0.2) is 11.0 Å². The van der Waals surface area contributed by atoms with Gasteiger partial charge in [-0.05, 0) is 42.5 Å². The highest BCUT2D eigenvalue weighted by atomic mass is 14.9. The van der Waals surface area contributed by atoms with Crippen molar-refractivity contribution in [3.8, 4) is 0 Å². The summed E-state index contributed by atoms with van der Waals surface area (Å²) < 4.78 is 0. The summed E-state index contributed by atoms with van der Waals surface area (Å²) in [6.07, 6.45) is 4.50. The lowest BCUT2D eigenvalue weighted by Gasteiger charge is -2.33. The Morgan fingerprint density at radius 2 is 2.18 bits per heavy atom. The van der Waals surface area contributed by atoms with E-state index in [9.17, 15) is 0 Å². The van der Waals surface area contributed by atoms with Gasteiger partial charge in [0.1, 0.15) is 0 Å². The van der Waals surface area contributed by atoms with Gasteiger partial charge in [-0.1, -0.05) is 19.1 Å². The number of pyridine rings is 1. The Bertz CT molecular complexity index is 515. The average Bonchev–Trinajstić information content (AvgIpc) is 2.33. The molecule has 3 rings (SSSR count). The van der Waals surface area contributed by atoms with Gasteiger partial charge in [0.2, 0.25) is 0 Å². The number of aromatic nitrogens is 1. The number of hydrogen-bond acceptors (Lipinski definition) is 2. The van der Waals surface area contributed by atoms with Crippen LogP contribution in [0.4, 0.5) is 0 Å². The zero-order valence-corrected chi connectivity index (χ0v) is 10.2. The molecule has 2 nitrogen and oxygen atoms in total. The molecule has 0 radical (unpaired) electrons. The average molecular weight is 226 g/mol. The van der Waals surface area contributed by atoms with Crippen molar-refractivity contribution in [2.45, 2.75) is 32.4 Å². The highest BCUT2D eigenvalue weighted by molar-refractivity contribution is 5.78. The topological polar surface area (TPSA) is 24.9 Å². The van der Waals surface area contributed by atoms with Crippen LogP contribution < -0.4 is 5.32 Å². The lowest BCUT2D eigenvalue weighted by Crippen LogP contribution is -2.39. The number of benzene rings is 1. The molecule has 0 amide bonds. The van der Waals surface area contributed by atoms with Crippen LogP contribution in [0.25, 0.3) is 10.9 Å². The van der Waals surface area contributed by atoms with E-state index in [0.29, 0.717) is 0 Å². The van der Waals surface area contributed by atoms with Gasteiger partial charge < -0.3 is 5.32 Å². The van der Waals surface area contributed by atoms with Crippen molar-refractivity contribution < 1.29 is 0 Å². The van der Waals surface area contributed by atoms with Gasteiger partial charge in [-0.15, -0.1) is 0 Å². The Morgan fingerprint density at radius 1 is 1.29 bits per heavy atom. The first-order valence-corrected chi connectivity index (χ1v) is 6.38. The normalized spacial score (nSPS) is 23.6. The number of rotatable bonds is 3. The summed E-state index contributed by atoms with van der Waals surface area (Å²) >= 11 is 0. The summed E-state index contributed by atoms with van der Waals surface area (Å²) in [4.78, 5) is 4.33.